The fourth-order valence-corrected chi connectivity index (χ4v) is 1.80. The molecule has 0 fully saturated rings. The van der Waals surface area contributed by atoms with Crippen LogP contribution in [0.5, 0.6) is 5.88 Å². The van der Waals surface area contributed by atoms with Crippen molar-refractivity contribution in [2.45, 2.75) is 38.8 Å². The quantitative estimate of drug-likeness (QED) is 0.827. The molecule has 0 radical (unpaired) electrons. The molecule has 0 aromatic carbocycles. The van der Waals surface area contributed by atoms with Crippen LogP contribution in [0.3, 0.4) is 0 Å². The van der Waals surface area contributed by atoms with E-state index >= 15 is 0 Å². The first-order valence-electron chi connectivity index (χ1n) is 5.79. The predicted molar refractivity (Wildman–Crippen MR) is 69.6 cm³/mol. The zero-order valence-corrected chi connectivity index (χ0v) is 11.3. The van der Waals surface area contributed by atoms with Crippen molar-refractivity contribution >= 4 is 5.69 Å². The van der Waals surface area contributed by atoms with Crippen LogP contribution in [0.25, 0.3) is 0 Å². The molecule has 1 N–H and O–H groups in total. The minimum atomic E-state index is -0.137. The van der Waals surface area contributed by atoms with Gasteiger partial charge in [-0.3, -0.25) is 0 Å². The number of aromatic nitrogens is 1. The minimum absolute atomic E-state index is 0.137. The summed E-state index contributed by atoms with van der Waals surface area (Å²) >= 11 is 0. The van der Waals surface area contributed by atoms with Crippen LogP contribution >= 0.6 is 0 Å². The number of anilines is 1. The summed E-state index contributed by atoms with van der Waals surface area (Å²) in [5.41, 5.74) is 0.774. The van der Waals surface area contributed by atoms with Crippen LogP contribution < -0.4 is 10.1 Å². The Morgan fingerprint density at radius 2 is 2.12 bits per heavy atom. The van der Waals surface area contributed by atoms with Gasteiger partial charge in [0.05, 0.1) is 18.4 Å². The van der Waals surface area contributed by atoms with Crippen molar-refractivity contribution in [2.75, 3.05) is 19.5 Å². The SMILES string of the molecule is COc1ncccc1NC(C)CC(C)(C)OC. The molecule has 0 saturated carbocycles. The van der Waals surface area contributed by atoms with E-state index in [-0.39, 0.29) is 11.6 Å². The van der Waals surface area contributed by atoms with Gasteiger partial charge in [-0.05, 0) is 39.3 Å². The van der Waals surface area contributed by atoms with E-state index in [1.165, 1.54) is 0 Å². The van der Waals surface area contributed by atoms with E-state index in [2.05, 4.69) is 31.1 Å². The number of pyridine rings is 1. The van der Waals surface area contributed by atoms with Gasteiger partial charge in [0.2, 0.25) is 5.88 Å². The van der Waals surface area contributed by atoms with Gasteiger partial charge >= 0.3 is 0 Å². The lowest BCUT2D eigenvalue weighted by atomic mass is 10.00. The van der Waals surface area contributed by atoms with Crippen LogP contribution in [0.1, 0.15) is 27.2 Å². The molecule has 0 spiro atoms. The van der Waals surface area contributed by atoms with E-state index in [0.29, 0.717) is 5.88 Å². The molecule has 1 aromatic heterocycles. The first kappa shape index (κ1) is 13.8. The average Bonchev–Trinajstić information content (AvgIpc) is 2.29. The van der Waals surface area contributed by atoms with Crippen molar-refractivity contribution in [3.8, 4) is 5.88 Å². The maximum Gasteiger partial charge on any atom is 0.237 e. The number of hydrogen-bond acceptors (Lipinski definition) is 4. The molecule has 0 aliphatic carbocycles. The Bertz CT molecular complexity index is 353. The van der Waals surface area contributed by atoms with Gasteiger partial charge in [0.1, 0.15) is 0 Å². The van der Waals surface area contributed by atoms with Crippen molar-refractivity contribution in [1.82, 2.24) is 4.98 Å². The van der Waals surface area contributed by atoms with E-state index in [0.717, 1.165) is 12.1 Å². The summed E-state index contributed by atoms with van der Waals surface area (Å²) in [7, 11) is 3.36. The molecule has 1 atom stereocenters. The zero-order chi connectivity index (χ0) is 12.9. The molecule has 4 nitrogen and oxygen atoms in total. The molecular formula is C13H22N2O2. The molecule has 1 rings (SSSR count). The highest BCUT2D eigenvalue weighted by molar-refractivity contribution is 5.52. The third-order valence-electron chi connectivity index (χ3n) is 2.72. The summed E-state index contributed by atoms with van der Waals surface area (Å²) in [6, 6.07) is 4.13. The van der Waals surface area contributed by atoms with E-state index < -0.39 is 0 Å². The van der Waals surface area contributed by atoms with Gasteiger partial charge in [-0.2, -0.15) is 0 Å². The molecule has 0 aliphatic rings. The van der Waals surface area contributed by atoms with Gasteiger partial charge in [-0.25, -0.2) is 4.98 Å². The highest BCUT2D eigenvalue weighted by Crippen LogP contribution is 2.23. The number of rotatable bonds is 6. The molecule has 17 heavy (non-hydrogen) atoms. The molecule has 0 saturated heterocycles. The smallest absolute Gasteiger partial charge is 0.237 e. The second kappa shape index (κ2) is 5.87. The molecule has 0 aliphatic heterocycles. The van der Waals surface area contributed by atoms with Crippen LogP contribution in [0.4, 0.5) is 5.69 Å². The summed E-state index contributed by atoms with van der Waals surface area (Å²) in [6.07, 6.45) is 2.62. The molecule has 4 heteroatoms. The van der Waals surface area contributed by atoms with Crippen LogP contribution in [-0.2, 0) is 4.74 Å². The van der Waals surface area contributed by atoms with Crippen molar-refractivity contribution in [2.24, 2.45) is 0 Å². The highest BCUT2D eigenvalue weighted by Gasteiger charge is 2.20. The van der Waals surface area contributed by atoms with E-state index in [4.69, 9.17) is 9.47 Å². The van der Waals surface area contributed by atoms with Gasteiger partial charge in [-0.15, -0.1) is 0 Å². The number of ether oxygens (including phenoxy) is 2. The lowest BCUT2D eigenvalue weighted by molar-refractivity contribution is 0.0128. The summed E-state index contributed by atoms with van der Waals surface area (Å²) in [5, 5.41) is 3.38. The van der Waals surface area contributed by atoms with Crippen LogP contribution in [0.15, 0.2) is 18.3 Å². The molecule has 1 unspecified atom stereocenters. The van der Waals surface area contributed by atoms with Crippen molar-refractivity contribution in [1.29, 1.82) is 0 Å². The Labute approximate surface area is 103 Å². The van der Waals surface area contributed by atoms with Crippen LogP contribution in [0.2, 0.25) is 0 Å². The standard InChI is InChI=1S/C13H22N2O2/c1-10(9-13(2,3)17-5)15-11-7-6-8-14-12(11)16-4/h6-8,10,15H,9H2,1-5H3. The third-order valence-corrected chi connectivity index (χ3v) is 2.72. The van der Waals surface area contributed by atoms with Crippen molar-refractivity contribution in [3.05, 3.63) is 18.3 Å². The molecule has 0 amide bonds. The Hall–Kier alpha value is -1.29. The van der Waals surface area contributed by atoms with Gasteiger partial charge < -0.3 is 14.8 Å². The predicted octanol–water partition coefficient (Wildman–Crippen LogP) is 2.71. The normalized spacial score (nSPS) is 13.2. The summed E-state index contributed by atoms with van der Waals surface area (Å²) in [5.74, 6) is 0.620. The summed E-state index contributed by atoms with van der Waals surface area (Å²) in [6.45, 7) is 6.27. The lowest BCUT2D eigenvalue weighted by Gasteiger charge is -2.27. The second-order valence-corrected chi connectivity index (χ2v) is 4.77. The largest absolute Gasteiger partial charge is 0.480 e. The summed E-state index contributed by atoms with van der Waals surface area (Å²) < 4.78 is 10.6. The lowest BCUT2D eigenvalue weighted by Crippen LogP contribution is -2.31. The van der Waals surface area contributed by atoms with E-state index in [1.54, 1.807) is 20.4 Å². The number of nitrogens with one attached hydrogen (secondary N) is 1. The van der Waals surface area contributed by atoms with Gasteiger partial charge in [-0.1, -0.05) is 0 Å². The maximum absolute atomic E-state index is 5.42. The summed E-state index contributed by atoms with van der Waals surface area (Å²) in [4.78, 5) is 4.15. The minimum Gasteiger partial charge on any atom is -0.480 e. The first-order chi connectivity index (χ1) is 7.98. The van der Waals surface area contributed by atoms with E-state index in [9.17, 15) is 0 Å². The molecule has 1 heterocycles. The van der Waals surface area contributed by atoms with Crippen molar-refractivity contribution < 1.29 is 9.47 Å². The van der Waals surface area contributed by atoms with E-state index in [1.807, 2.05) is 12.1 Å². The van der Waals surface area contributed by atoms with Gasteiger partial charge in [0, 0.05) is 19.3 Å². The van der Waals surface area contributed by atoms with Crippen LogP contribution in [0, 0.1) is 0 Å². The molecule has 0 bridgehead atoms. The van der Waals surface area contributed by atoms with Crippen molar-refractivity contribution in [3.63, 3.8) is 0 Å². The topological polar surface area (TPSA) is 43.4 Å². The fraction of sp³-hybridized carbons (Fsp3) is 0.615. The molecule has 1 aromatic rings. The average molecular weight is 238 g/mol. The Kier molecular flexibility index (Phi) is 4.75. The highest BCUT2D eigenvalue weighted by atomic mass is 16.5. The van der Waals surface area contributed by atoms with Gasteiger partial charge in [0.15, 0.2) is 0 Å². The zero-order valence-electron chi connectivity index (χ0n) is 11.3. The number of methoxy groups -OCH3 is 2. The Morgan fingerprint density at radius 3 is 2.71 bits per heavy atom. The molecule has 96 valence electrons. The first-order valence-corrected chi connectivity index (χ1v) is 5.79. The maximum atomic E-state index is 5.42. The monoisotopic (exact) mass is 238 g/mol. The fourth-order valence-electron chi connectivity index (χ4n) is 1.80. The van der Waals surface area contributed by atoms with Crippen LogP contribution in [-0.4, -0.2) is 30.8 Å². The Morgan fingerprint density at radius 1 is 1.41 bits per heavy atom. The van der Waals surface area contributed by atoms with Gasteiger partial charge in [0.25, 0.3) is 0 Å². The second-order valence-electron chi connectivity index (χ2n) is 4.77. The Balaban J connectivity index is 2.65. The number of nitrogens with zero attached hydrogens (tertiary/aromatic N) is 1. The number of hydrogen-bond donors (Lipinski definition) is 1. The molecular weight excluding hydrogens is 216 g/mol. The third kappa shape index (κ3) is 4.23.